The van der Waals surface area contributed by atoms with Crippen LogP contribution in [0, 0.1) is 13.8 Å². The lowest BCUT2D eigenvalue weighted by Crippen LogP contribution is -2.29. The lowest BCUT2D eigenvalue weighted by Gasteiger charge is -2.25. The van der Waals surface area contributed by atoms with Gasteiger partial charge in [-0.05, 0) is 49.1 Å². The number of anilines is 1. The van der Waals surface area contributed by atoms with E-state index in [0.717, 1.165) is 16.0 Å². The van der Waals surface area contributed by atoms with Gasteiger partial charge in [0.1, 0.15) is 23.3 Å². The number of ether oxygens (including phenoxy) is 2. The van der Waals surface area contributed by atoms with Gasteiger partial charge in [-0.2, -0.15) is 0 Å². The van der Waals surface area contributed by atoms with Gasteiger partial charge in [-0.3, -0.25) is 14.5 Å². The molecule has 2 aromatic carbocycles. The van der Waals surface area contributed by atoms with Crippen LogP contribution in [0.2, 0.25) is 5.02 Å². The van der Waals surface area contributed by atoms with Gasteiger partial charge in [-0.25, -0.2) is 0 Å². The summed E-state index contributed by atoms with van der Waals surface area (Å²) in [4.78, 5) is 28.7. The molecule has 0 radical (unpaired) electrons. The Kier molecular flexibility index (Phi) is 6.19. The third-order valence-corrected chi connectivity index (χ3v) is 7.00. The predicted octanol–water partition coefficient (Wildman–Crippen LogP) is 5.66. The van der Waals surface area contributed by atoms with Crippen molar-refractivity contribution < 1.29 is 24.2 Å². The molecule has 0 bridgehead atoms. The quantitative estimate of drug-likeness (QED) is 0.288. The molecular weight excluding hydrogens is 462 g/mol. The minimum Gasteiger partial charge on any atom is -0.507 e. The minimum absolute atomic E-state index is 0.0225. The summed E-state index contributed by atoms with van der Waals surface area (Å²) in [6, 6.07) is 11.4. The molecule has 1 fully saturated rings. The number of thiophene rings is 1. The molecule has 0 spiro atoms. The molecule has 8 heteroatoms. The SMILES string of the molecule is COc1cc(OC)c(/C(O)=C2\C(=O)C(=O)N(c3ccc(C)cc3)C2c2sccc2C)cc1Cl. The summed E-state index contributed by atoms with van der Waals surface area (Å²) in [7, 11) is 2.90. The fourth-order valence-electron chi connectivity index (χ4n) is 3.91. The van der Waals surface area contributed by atoms with Crippen molar-refractivity contribution in [2.24, 2.45) is 0 Å². The number of amides is 1. The first kappa shape index (κ1) is 22.9. The number of hydrogen-bond donors (Lipinski definition) is 1. The number of aryl methyl sites for hydroxylation is 2. The number of carbonyl (C=O) groups excluding carboxylic acids is 2. The van der Waals surface area contributed by atoms with Gasteiger partial charge in [0.2, 0.25) is 0 Å². The van der Waals surface area contributed by atoms with Crippen LogP contribution in [0.4, 0.5) is 5.69 Å². The standard InChI is InChI=1S/C25H22ClNO5S/c1-13-5-7-15(8-6-13)27-21(24-14(2)9-10-33-24)20(23(29)25(27)30)22(28)16-11-17(26)19(32-4)12-18(16)31-3/h5-12,21,28H,1-4H3/b22-20+. The second-order valence-corrected chi connectivity index (χ2v) is 9.01. The van der Waals surface area contributed by atoms with Crippen LogP contribution >= 0.6 is 22.9 Å². The number of Topliss-reactive ketones (excluding diaryl/α,β-unsaturated/α-hetero) is 1. The Bertz CT molecular complexity index is 1280. The molecule has 4 rings (SSSR count). The summed E-state index contributed by atoms with van der Waals surface area (Å²) < 4.78 is 10.6. The van der Waals surface area contributed by atoms with E-state index in [0.29, 0.717) is 11.4 Å². The van der Waals surface area contributed by atoms with E-state index in [4.69, 9.17) is 21.1 Å². The maximum atomic E-state index is 13.3. The van der Waals surface area contributed by atoms with E-state index >= 15 is 0 Å². The topological polar surface area (TPSA) is 76.1 Å². The van der Waals surface area contributed by atoms with E-state index < -0.39 is 17.7 Å². The molecule has 2 heterocycles. The van der Waals surface area contributed by atoms with E-state index in [1.807, 2.05) is 37.4 Å². The van der Waals surface area contributed by atoms with Crippen molar-refractivity contribution in [1.29, 1.82) is 0 Å². The molecule has 1 aliphatic rings. The van der Waals surface area contributed by atoms with Crippen molar-refractivity contribution in [1.82, 2.24) is 0 Å². The van der Waals surface area contributed by atoms with Gasteiger partial charge in [0.25, 0.3) is 11.7 Å². The van der Waals surface area contributed by atoms with Crippen LogP contribution in [0.3, 0.4) is 0 Å². The second kappa shape index (κ2) is 8.92. The number of rotatable bonds is 5. The summed E-state index contributed by atoms with van der Waals surface area (Å²) in [5, 5.41) is 13.5. The highest BCUT2D eigenvalue weighted by Crippen LogP contribution is 2.46. The molecule has 1 N–H and O–H groups in total. The zero-order valence-corrected chi connectivity index (χ0v) is 20.1. The smallest absolute Gasteiger partial charge is 0.300 e. The van der Waals surface area contributed by atoms with Crippen LogP contribution in [0.25, 0.3) is 5.76 Å². The Morgan fingerprint density at radius 2 is 1.70 bits per heavy atom. The Labute approximate surface area is 200 Å². The highest BCUT2D eigenvalue weighted by Gasteiger charge is 2.48. The van der Waals surface area contributed by atoms with Gasteiger partial charge in [0.15, 0.2) is 0 Å². The third-order valence-electron chi connectivity index (χ3n) is 5.64. The fourth-order valence-corrected chi connectivity index (χ4v) is 5.17. The predicted molar refractivity (Wildman–Crippen MR) is 130 cm³/mol. The molecule has 1 saturated heterocycles. The Balaban J connectivity index is 1.98. The number of benzene rings is 2. The minimum atomic E-state index is -0.793. The van der Waals surface area contributed by atoms with Gasteiger partial charge < -0.3 is 14.6 Å². The van der Waals surface area contributed by atoms with Crippen LogP contribution in [-0.2, 0) is 9.59 Å². The van der Waals surface area contributed by atoms with Gasteiger partial charge in [0, 0.05) is 16.6 Å². The van der Waals surface area contributed by atoms with Gasteiger partial charge in [-0.1, -0.05) is 29.3 Å². The molecule has 1 unspecified atom stereocenters. The van der Waals surface area contributed by atoms with Crippen molar-refractivity contribution in [2.45, 2.75) is 19.9 Å². The first-order valence-corrected chi connectivity index (χ1v) is 11.4. The van der Waals surface area contributed by atoms with Crippen molar-refractivity contribution >= 4 is 46.1 Å². The van der Waals surface area contributed by atoms with Gasteiger partial charge in [0.05, 0.1) is 30.4 Å². The summed E-state index contributed by atoms with van der Waals surface area (Å²) in [6.45, 7) is 3.85. The molecule has 3 aromatic rings. The van der Waals surface area contributed by atoms with Crippen LogP contribution in [0.15, 0.2) is 53.4 Å². The Hall–Kier alpha value is -3.29. The van der Waals surface area contributed by atoms with Gasteiger partial charge >= 0.3 is 0 Å². The number of methoxy groups -OCH3 is 2. The summed E-state index contributed by atoms with van der Waals surface area (Å²) in [5.74, 6) is -1.23. The Morgan fingerprint density at radius 1 is 1.03 bits per heavy atom. The lowest BCUT2D eigenvalue weighted by atomic mass is 9.97. The van der Waals surface area contributed by atoms with E-state index in [9.17, 15) is 14.7 Å². The third kappa shape index (κ3) is 3.87. The van der Waals surface area contributed by atoms with E-state index in [1.54, 1.807) is 12.1 Å². The van der Waals surface area contributed by atoms with Crippen LogP contribution in [0.1, 0.15) is 27.6 Å². The molecular formula is C25H22ClNO5S. The highest BCUT2D eigenvalue weighted by atomic mass is 35.5. The number of aliphatic hydroxyl groups excluding tert-OH is 1. The lowest BCUT2D eigenvalue weighted by molar-refractivity contribution is -0.132. The Morgan fingerprint density at radius 3 is 2.27 bits per heavy atom. The largest absolute Gasteiger partial charge is 0.507 e. The van der Waals surface area contributed by atoms with Crippen molar-refractivity contribution in [3.05, 3.63) is 80.0 Å². The zero-order valence-electron chi connectivity index (χ0n) is 18.5. The maximum Gasteiger partial charge on any atom is 0.300 e. The molecule has 33 heavy (non-hydrogen) atoms. The monoisotopic (exact) mass is 483 g/mol. The number of nitrogens with zero attached hydrogens (tertiary/aromatic N) is 1. The second-order valence-electron chi connectivity index (χ2n) is 7.66. The summed E-state index contributed by atoms with van der Waals surface area (Å²) in [6.07, 6.45) is 0. The van der Waals surface area contributed by atoms with E-state index in [-0.39, 0.29) is 27.7 Å². The number of hydrogen-bond acceptors (Lipinski definition) is 6. The molecule has 0 aliphatic carbocycles. The van der Waals surface area contributed by atoms with Crippen LogP contribution in [0.5, 0.6) is 11.5 Å². The average Bonchev–Trinajstić information content (AvgIpc) is 3.34. The van der Waals surface area contributed by atoms with Crippen molar-refractivity contribution in [3.63, 3.8) is 0 Å². The summed E-state index contributed by atoms with van der Waals surface area (Å²) >= 11 is 7.72. The fraction of sp³-hybridized carbons (Fsp3) is 0.200. The summed E-state index contributed by atoms with van der Waals surface area (Å²) in [5.41, 5.74) is 2.68. The van der Waals surface area contributed by atoms with E-state index in [1.165, 1.54) is 42.6 Å². The average molecular weight is 484 g/mol. The van der Waals surface area contributed by atoms with E-state index in [2.05, 4.69) is 0 Å². The van der Waals surface area contributed by atoms with Crippen LogP contribution in [-0.4, -0.2) is 31.0 Å². The van der Waals surface area contributed by atoms with Crippen molar-refractivity contribution in [2.75, 3.05) is 19.1 Å². The number of carbonyl (C=O) groups is 2. The molecule has 1 amide bonds. The van der Waals surface area contributed by atoms with Gasteiger partial charge in [-0.15, -0.1) is 11.3 Å². The number of ketones is 1. The number of aliphatic hydroxyl groups is 1. The maximum absolute atomic E-state index is 13.3. The molecule has 0 saturated carbocycles. The first-order valence-electron chi connectivity index (χ1n) is 10.1. The normalized spacial score (nSPS) is 17.5. The van der Waals surface area contributed by atoms with Crippen LogP contribution < -0.4 is 14.4 Å². The molecule has 170 valence electrons. The molecule has 1 atom stereocenters. The highest BCUT2D eigenvalue weighted by molar-refractivity contribution is 7.10. The molecule has 6 nitrogen and oxygen atoms in total. The molecule has 1 aliphatic heterocycles. The molecule has 1 aromatic heterocycles. The number of halogens is 1. The van der Waals surface area contributed by atoms with Crippen molar-refractivity contribution in [3.8, 4) is 11.5 Å². The first-order chi connectivity index (χ1) is 15.8. The zero-order chi connectivity index (χ0) is 23.9.